The van der Waals surface area contributed by atoms with Gasteiger partial charge in [-0.05, 0) is 26.2 Å². The van der Waals surface area contributed by atoms with E-state index in [0.717, 1.165) is 0 Å². The van der Waals surface area contributed by atoms with Crippen molar-refractivity contribution in [3.63, 3.8) is 0 Å². The fourth-order valence-electron chi connectivity index (χ4n) is 1.21. The highest BCUT2D eigenvalue weighted by Crippen LogP contribution is 2.26. The van der Waals surface area contributed by atoms with Gasteiger partial charge in [-0.15, -0.1) is 0 Å². The van der Waals surface area contributed by atoms with Crippen molar-refractivity contribution in [2.45, 2.75) is 0 Å². The highest BCUT2D eigenvalue weighted by molar-refractivity contribution is 5.93. The van der Waals surface area contributed by atoms with Gasteiger partial charge in [0.15, 0.2) is 5.75 Å². The molecule has 0 bridgehead atoms. The zero-order valence-corrected chi connectivity index (χ0v) is 9.43. The average Bonchev–Trinajstić information content (AvgIpc) is 2.19. The van der Waals surface area contributed by atoms with Crippen molar-refractivity contribution in [3.05, 3.63) is 23.8 Å². The maximum Gasteiger partial charge on any atom is 0.339 e. The molecule has 1 rings (SSSR count). The van der Waals surface area contributed by atoms with Gasteiger partial charge >= 0.3 is 5.97 Å². The van der Waals surface area contributed by atoms with Crippen LogP contribution in [0.15, 0.2) is 18.2 Å². The van der Waals surface area contributed by atoms with Crippen LogP contribution in [-0.4, -0.2) is 43.2 Å². The molecule has 16 heavy (non-hydrogen) atoms. The molecular formula is C11H16N2O3. The van der Waals surface area contributed by atoms with Crippen molar-refractivity contribution >= 4 is 11.7 Å². The quantitative estimate of drug-likeness (QED) is 0.727. The molecule has 0 saturated carbocycles. The number of carbonyl (C=O) groups is 1. The molecule has 0 spiro atoms. The molecule has 0 aromatic heterocycles. The summed E-state index contributed by atoms with van der Waals surface area (Å²) >= 11 is 0. The molecule has 5 nitrogen and oxygen atoms in total. The topological polar surface area (TPSA) is 75.8 Å². The molecule has 0 aliphatic carbocycles. The first-order valence-corrected chi connectivity index (χ1v) is 4.91. The lowest BCUT2D eigenvalue weighted by atomic mass is 10.2. The number of carboxylic acids is 1. The van der Waals surface area contributed by atoms with Crippen LogP contribution in [0.2, 0.25) is 0 Å². The molecule has 0 heterocycles. The third-order valence-corrected chi connectivity index (χ3v) is 2.06. The van der Waals surface area contributed by atoms with Crippen LogP contribution in [0.4, 0.5) is 5.69 Å². The first-order valence-electron chi connectivity index (χ1n) is 4.91. The minimum Gasteiger partial charge on any atom is -0.489 e. The Morgan fingerprint density at radius 1 is 1.50 bits per heavy atom. The van der Waals surface area contributed by atoms with Crippen LogP contribution >= 0.6 is 0 Å². The fraction of sp³-hybridized carbons (Fsp3) is 0.364. The van der Waals surface area contributed by atoms with Crippen LogP contribution in [0, 0.1) is 0 Å². The summed E-state index contributed by atoms with van der Waals surface area (Å²) in [5.74, 6) is -0.788. The number of benzene rings is 1. The molecule has 0 saturated heterocycles. The van der Waals surface area contributed by atoms with E-state index >= 15 is 0 Å². The number of nitrogen functional groups attached to an aromatic ring is 1. The summed E-state index contributed by atoms with van der Waals surface area (Å²) in [5, 5.41) is 8.95. The Hall–Kier alpha value is -1.75. The number of hydrogen-bond donors (Lipinski definition) is 2. The van der Waals surface area contributed by atoms with E-state index in [1.54, 1.807) is 12.1 Å². The molecule has 1 aromatic carbocycles. The fourth-order valence-corrected chi connectivity index (χ4v) is 1.21. The Labute approximate surface area is 94.4 Å². The van der Waals surface area contributed by atoms with Crippen molar-refractivity contribution < 1.29 is 14.6 Å². The number of nitrogens with two attached hydrogens (primary N) is 1. The Morgan fingerprint density at radius 2 is 2.19 bits per heavy atom. The van der Waals surface area contributed by atoms with E-state index < -0.39 is 5.97 Å². The number of ether oxygens (including phenoxy) is 1. The van der Waals surface area contributed by atoms with E-state index in [-0.39, 0.29) is 11.3 Å². The second kappa shape index (κ2) is 5.37. The van der Waals surface area contributed by atoms with E-state index in [1.165, 1.54) is 6.07 Å². The van der Waals surface area contributed by atoms with Crippen molar-refractivity contribution in [1.82, 2.24) is 4.90 Å². The van der Waals surface area contributed by atoms with Crippen LogP contribution < -0.4 is 10.5 Å². The minimum absolute atomic E-state index is 0.0961. The van der Waals surface area contributed by atoms with E-state index in [0.29, 0.717) is 18.8 Å². The normalized spacial score (nSPS) is 10.4. The van der Waals surface area contributed by atoms with Gasteiger partial charge in [0.2, 0.25) is 0 Å². The number of hydrogen-bond acceptors (Lipinski definition) is 4. The van der Waals surface area contributed by atoms with Crippen LogP contribution in [0.25, 0.3) is 0 Å². The molecule has 0 amide bonds. The second-order valence-electron chi connectivity index (χ2n) is 3.68. The summed E-state index contributed by atoms with van der Waals surface area (Å²) in [6, 6.07) is 4.69. The smallest absolute Gasteiger partial charge is 0.339 e. The van der Waals surface area contributed by atoms with Crippen LogP contribution in [-0.2, 0) is 0 Å². The van der Waals surface area contributed by atoms with E-state index in [1.807, 2.05) is 19.0 Å². The van der Waals surface area contributed by atoms with Gasteiger partial charge < -0.3 is 20.5 Å². The number of rotatable bonds is 5. The SMILES string of the molecule is CN(C)CCOc1c(N)cccc1C(=O)O. The predicted octanol–water partition coefficient (Wildman–Crippen LogP) is 0.907. The lowest BCUT2D eigenvalue weighted by Gasteiger charge is -2.14. The zero-order chi connectivity index (χ0) is 12.1. The first kappa shape index (κ1) is 12.3. The molecular weight excluding hydrogens is 208 g/mol. The molecule has 88 valence electrons. The third kappa shape index (κ3) is 3.13. The number of para-hydroxylation sites is 1. The predicted molar refractivity (Wildman–Crippen MR) is 61.9 cm³/mol. The van der Waals surface area contributed by atoms with E-state index in [4.69, 9.17) is 15.6 Å². The van der Waals surface area contributed by atoms with Crippen LogP contribution in [0.5, 0.6) is 5.75 Å². The van der Waals surface area contributed by atoms with Crippen LogP contribution in [0.1, 0.15) is 10.4 Å². The van der Waals surface area contributed by atoms with E-state index in [2.05, 4.69) is 0 Å². The van der Waals surface area contributed by atoms with Crippen molar-refractivity contribution in [3.8, 4) is 5.75 Å². The van der Waals surface area contributed by atoms with Gasteiger partial charge in [0.05, 0.1) is 5.69 Å². The van der Waals surface area contributed by atoms with Gasteiger partial charge in [-0.1, -0.05) is 6.07 Å². The molecule has 0 aliphatic heterocycles. The molecule has 3 N–H and O–H groups in total. The van der Waals surface area contributed by atoms with Crippen molar-refractivity contribution in [2.24, 2.45) is 0 Å². The summed E-state index contributed by atoms with van der Waals surface area (Å²) in [6.07, 6.45) is 0. The summed E-state index contributed by atoms with van der Waals surface area (Å²) in [5.41, 5.74) is 6.12. The number of carboxylic acid groups (broad SMARTS) is 1. The van der Waals surface area contributed by atoms with Crippen molar-refractivity contribution in [2.75, 3.05) is 33.0 Å². The third-order valence-electron chi connectivity index (χ3n) is 2.06. The van der Waals surface area contributed by atoms with Gasteiger partial charge in [-0.2, -0.15) is 0 Å². The number of aromatic carboxylic acids is 1. The standard InChI is InChI=1S/C11H16N2O3/c1-13(2)6-7-16-10-8(11(14)15)4-3-5-9(10)12/h3-5H,6-7,12H2,1-2H3,(H,14,15). The summed E-state index contributed by atoms with van der Waals surface area (Å²) in [6.45, 7) is 1.11. The Kier molecular flexibility index (Phi) is 4.13. The van der Waals surface area contributed by atoms with Gasteiger partial charge in [0.25, 0.3) is 0 Å². The molecule has 5 heteroatoms. The molecule has 0 aliphatic rings. The van der Waals surface area contributed by atoms with Gasteiger partial charge in [0.1, 0.15) is 12.2 Å². The molecule has 0 radical (unpaired) electrons. The van der Waals surface area contributed by atoms with Gasteiger partial charge in [-0.3, -0.25) is 0 Å². The molecule has 0 atom stereocenters. The molecule has 0 unspecified atom stereocenters. The second-order valence-corrected chi connectivity index (χ2v) is 3.68. The summed E-state index contributed by atoms with van der Waals surface area (Å²) < 4.78 is 5.39. The monoisotopic (exact) mass is 224 g/mol. The zero-order valence-electron chi connectivity index (χ0n) is 9.43. The minimum atomic E-state index is -1.04. The largest absolute Gasteiger partial charge is 0.489 e. The first-order chi connectivity index (χ1) is 7.52. The summed E-state index contributed by atoms with van der Waals surface area (Å²) in [7, 11) is 3.83. The molecule has 0 fully saturated rings. The number of nitrogens with zero attached hydrogens (tertiary/aromatic N) is 1. The number of likely N-dealkylation sites (N-methyl/N-ethyl adjacent to an activating group) is 1. The number of anilines is 1. The Morgan fingerprint density at radius 3 is 2.75 bits per heavy atom. The van der Waals surface area contributed by atoms with Crippen molar-refractivity contribution in [1.29, 1.82) is 0 Å². The summed E-state index contributed by atoms with van der Waals surface area (Å²) in [4.78, 5) is 12.9. The van der Waals surface area contributed by atoms with E-state index in [9.17, 15) is 4.79 Å². The molecule has 1 aromatic rings. The lowest BCUT2D eigenvalue weighted by molar-refractivity contribution is 0.0692. The maximum absolute atomic E-state index is 10.9. The highest BCUT2D eigenvalue weighted by atomic mass is 16.5. The average molecular weight is 224 g/mol. The van der Waals surface area contributed by atoms with Gasteiger partial charge in [0, 0.05) is 6.54 Å². The van der Waals surface area contributed by atoms with Gasteiger partial charge in [-0.25, -0.2) is 4.79 Å². The lowest BCUT2D eigenvalue weighted by Crippen LogP contribution is -2.20. The highest BCUT2D eigenvalue weighted by Gasteiger charge is 2.13. The Balaban J connectivity index is 2.80. The maximum atomic E-state index is 10.9. The Bertz CT molecular complexity index is 377. The van der Waals surface area contributed by atoms with Crippen LogP contribution in [0.3, 0.4) is 0 Å².